The first-order valence-electron chi connectivity index (χ1n) is 2.80. The summed E-state index contributed by atoms with van der Waals surface area (Å²) in [6.45, 7) is 0. The monoisotopic (exact) mass is 190 g/mol. The normalized spacial score (nSPS) is 9.80. The van der Waals surface area contributed by atoms with E-state index in [-0.39, 0.29) is 0 Å². The maximum atomic E-state index is 5.87. The SMILES string of the molecule is CSSc1ccccc1Cl. The Kier molecular flexibility index (Phi) is 3.46. The number of rotatable bonds is 2. The zero-order chi connectivity index (χ0) is 7.40. The van der Waals surface area contributed by atoms with E-state index in [9.17, 15) is 0 Å². The molecule has 0 fully saturated rings. The molecule has 0 unspecified atom stereocenters. The van der Waals surface area contributed by atoms with Crippen LogP contribution in [0.4, 0.5) is 0 Å². The first-order valence-corrected chi connectivity index (χ1v) is 5.73. The van der Waals surface area contributed by atoms with E-state index in [2.05, 4.69) is 0 Å². The van der Waals surface area contributed by atoms with E-state index in [1.54, 1.807) is 21.6 Å². The van der Waals surface area contributed by atoms with Crippen molar-refractivity contribution in [2.45, 2.75) is 4.90 Å². The van der Waals surface area contributed by atoms with Crippen molar-refractivity contribution in [1.29, 1.82) is 0 Å². The van der Waals surface area contributed by atoms with Crippen molar-refractivity contribution in [3.8, 4) is 0 Å². The molecule has 1 aromatic rings. The van der Waals surface area contributed by atoms with E-state index in [4.69, 9.17) is 11.6 Å². The number of benzene rings is 1. The van der Waals surface area contributed by atoms with Gasteiger partial charge in [0.15, 0.2) is 0 Å². The molecule has 0 atom stereocenters. The maximum absolute atomic E-state index is 5.87. The molecular formula is C7H7ClS2. The van der Waals surface area contributed by atoms with Gasteiger partial charge in [0, 0.05) is 4.90 Å². The highest BCUT2D eigenvalue weighted by molar-refractivity contribution is 8.76. The van der Waals surface area contributed by atoms with Gasteiger partial charge < -0.3 is 0 Å². The molecule has 1 rings (SSSR count). The number of hydrogen-bond acceptors (Lipinski definition) is 2. The van der Waals surface area contributed by atoms with Crippen LogP contribution in [0.1, 0.15) is 0 Å². The van der Waals surface area contributed by atoms with Crippen molar-refractivity contribution < 1.29 is 0 Å². The van der Waals surface area contributed by atoms with E-state index >= 15 is 0 Å². The summed E-state index contributed by atoms with van der Waals surface area (Å²) in [6.07, 6.45) is 2.04. The molecule has 0 spiro atoms. The van der Waals surface area contributed by atoms with Gasteiger partial charge in [0.05, 0.1) is 5.02 Å². The van der Waals surface area contributed by atoms with Gasteiger partial charge in [0.25, 0.3) is 0 Å². The molecule has 0 saturated heterocycles. The Morgan fingerprint density at radius 3 is 2.60 bits per heavy atom. The summed E-state index contributed by atoms with van der Waals surface area (Å²) in [5.41, 5.74) is 0. The molecule has 0 amide bonds. The van der Waals surface area contributed by atoms with E-state index in [1.807, 2.05) is 30.5 Å². The van der Waals surface area contributed by atoms with E-state index in [1.165, 1.54) is 0 Å². The van der Waals surface area contributed by atoms with Gasteiger partial charge >= 0.3 is 0 Å². The average Bonchev–Trinajstić information content (AvgIpc) is 1.94. The molecule has 0 saturated carbocycles. The standard InChI is InChI=1S/C7H7ClS2/c1-9-10-7-5-3-2-4-6(7)8/h2-5H,1H3. The van der Waals surface area contributed by atoms with Gasteiger partial charge in [-0.1, -0.05) is 45.3 Å². The van der Waals surface area contributed by atoms with Crippen LogP contribution in [-0.4, -0.2) is 6.26 Å². The average molecular weight is 191 g/mol. The van der Waals surface area contributed by atoms with Crippen LogP contribution < -0.4 is 0 Å². The summed E-state index contributed by atoms with van der Waals surface area (Å²) >= 11 is 5.87. The van der Waals surface area contributed by atoms with Crippen LogP contribution >= 0.6 is 33.2 Å². The van der Waals surface area contributed by atoms with Crippen LogP contribution in [0.15, 0.2) is 29.2 Å². The largest absolute Gasteiger partial charge is 0.0923 e. The Morgan fingerprint density at radius 1 is 1.30 bits per heavy atom. The fourth-order valence-electron chi connectivity index (χ4n) is 0.602. The van der Waals surface area contributed by atoms with Gasteiger partial charge in [-0.05, 0) is 18.4 Å². The highest BCUT2D eigenvalue weighted by Crippen LogP contribution is 2.33. The molecule has 54 valence electrons. The lowest BCUT2D eigenvalue weighted by molar-refractivity contribution is 1.48. The summed E-state index contributed by atoms with van der Waals surface area (Å²) in [7, 11) is 3.39. The molecule has 0 heterocycles. The molecule has 0 aromatic heterocycles. The zero-order valence-electron chi connectivity index (χ0n) is 5.50. The van der Waals surface area contributed by atoms with Crippen LogP contribution in [0.3, 0.4) is 0 Å². The Hall–Kier alpha value is 0.210. The summed E-state index contributed by atoms with van der Waals surface area (Å²) < 4.78 is 0. The zero-order valence-corrected chi connectivity index (χ0v) is 7.89. The van der Waals surface area contributed by atoms with E-state index in [0.717, 1.165) is 9.92 Å². The lowest BCUT2D eigenvalue weighted by Crippen LogP contribution is -1.67. The minimum atomic E-state index is 0.835. The third kappa shape index (κ3) is 2.11. The Balaban J connectivity index is 2.81. The highest BCUT2D eigenvalue weighted by atomic mass is 35.5. The molecule has 0 radical (unpaired) electrons. The molecule has 1 aromatic carbocycles. The summed E-state index contributed by atoms with van der Waals surface area (Å²) in [6, 6.07) is 7.85. The van der Waals surface area contributed by atoms with Gasteiger partial charge in [-0.15, -0.1) is 0 Å². The molecular weight excluding hydrogens is 184 g/mol. The fourth-order valence-corrected chi connectivity index (χ4v) is 2.43. The Morgan fingerprint density at radius 2 is 2.00 bits per heavy atom. The smallest absolute Gasteiger partial charge is 0.0550 e. The van der Waals surface area contributed by atoms with Crippen molar-refractivity contribution >= 4 is 33.2 Å². The Labute approximate surface area is 73.7 Å². The summed E-state index contributed by atoms with van der Waals surface area (Å²) in [5, 5.41) is 0.835. The summed E-state index contributed by atoms with van der Waals surface area (Å²) in [5.74, 6) is 0. The molecule has 0 N–H and O–H groups in total. The second-order valence-corrected chi connectivity index (χ2v) is 4.53. The van der Waals surface area contributed by atoms with Crippen molar-refractivity contribution in [1.82, 2.24) is 0 Å². The molecule has 10 heavy (non-hydrogen) atoms. The van der Waals surface area contributed by atoms with Crippen LogP contribution in [0.2, 0.25) is 5.02 Å². The first kappa shape index (κ1) is 8.31. The molecule has 0 aliphatic carbocycles. The predicted octanol–water partition coefficient (Wildman–Crippen LogP) is 3.71. The third-order valence-electron chi connectivity index (χ3n) is 1.01. The van der Waals surface area contributed by atoms with Gasteiger partial charge in [-0.25, -0.2) is 0 Å². The van der Waals surface area contributed by atoms with Gasteiger partial charge in [0.1, 0.15) is 0 Å². The van der Waals surface area contributed by atoms with Crippen LogP contribution in [-0.2, 0) is 0 Å². The van der Waals surface area contributed by atoms with Crippen molar-refractivity contribution in [3.05, 3.63) is 29.3 Å². The number of hydrogen-bond donors (Lipinski definition) is 0. The second kappa shape index (κ2) is 4.16. The van der Waals surface area contributed by atoms with E-state index < -0.39 is 0 Å². The molecule has 0 aliphatic heterocycles. The summed E-state index contributed by atoms with van der Waals surface area (Å²) in [4.78, 5) is 1.14. The maximum Gasteiger partial charge on any atom is 0.0550 e. The highest BCUT2D eigenvalue weighted by Gasteiger charge is 1.96. The van der Waals surface area contributed by atoms with Gasteiger partial charge in [0.2, 0.25) is 0 Å². The minimum absolute atomic E-state index is 0.835. The van der Waals surface area contributed by atoms with Gasteiger partial charge in [-0.2, -0.15) is 0 Å². The lowest BCUT2D eigenvalue weighted by Gasteiger charge is -1.97. The third-order valence-corrected chi connectivity index (χ3v) is 3.19. The quantitative estimate of drug-likeness (QED) is 0.653. The molecule has 0 aliphatic rings. The van der Waals surface area contributed by atoms with Crippen molar-refractivity contribution in [3.63, 3.8) is 0 Å². The molecule has 0 nitrogen and oxygen atoms in total. The second-order valence-electron chi connectivity index (χ2n) is 1.68. The molecule has 3 heteroatoms. The van der Waals surface area contributed by atoms with Crippen molar-refractivity contribution in [2.75, 3.05) is 6.26 Å². The van der Waals surface area contributed by atoms with Crippen LogP contribution in [0.5, 0.6) is 0 Å². The predicted molar refractivity (Wildman–Crippen MR) is 50.8 cm³/mol. The van der Waals surface area contributed by atoms with Gasteiger partial charge in [-0.3, -0.25) is 0 Å². The van der Waals surface area contributed by atoms with Crippen LogP contribution in [0.25, 0.3) is 0 Å². The number of halogens is 1. The Bertz CT molecular complexity index is 213. The molecule has 0 bridgehead atoms. The van der Waals surface area contributed by atoms with Crippen LogP contribution in [0, 0.1) is 0 Å². The van der Waals surface area contributed by atoms with Crippen molar-refractivity contribution in [2.24, 2.45) is 0 Å². The van der Waals surface area contributed by atoms with E-state index in [0.29, 0.717) is 0 Å². The fraction of sp³-hybridized carbons (Fsp3) is 0.143. The topological polar surface area (TPSA) is 0 Å². The lowest BCUT2D eigenvalue weighted by atomic mass is 10.4. The first-order chi connectivity index (χ1) is 4.84. The minimum Gasteiger partial charge on any atom is -0.0923 e.